The van der Waals surface area contributed by atoms with Crippen molar-refractivity contribution >= 4 is 12.1 Å². The second-order valence-corrected chi connectivity index (χ2v) is 6.23. The fourth-order valence-corrected chi connectivity index (χ4v) is 1.81. The van der Waals surface area contributed by atoms with Crippen molar-refractivity contribution < 1.29 is 37.5 Å². The molecule has 0 aromatic rings. The van der Waals surface area contributed by atoms with Crippen molar-refractivity contribution in [3.63, 3.8) is 0 Å². The van der Waals surface area contributed by atoms with E-state index in [9.17, 15) is 32.9 Å². The van der Waals surface area contributed by atoms with Gasteiger partial charge in [-0.25, -0.2) is 9.59 Å². The van der Waals surface area contributed by atoms with Crippen molar-refractivity contribution in [1.29, 1.82) is 0 Å². The normalized spacial score (nSPS) is 14.6. The molecule has 140 valence electrons. The zero-order valence-corrected chi connectivity index (χ0v) is 13.6. The Bertz CT molecular complexity index is 462. The molecule has 0 saturated carbocycles. The minimum absolute atomic E-state index is 0.172. The van der Waals surface area contributed by atoms with Gasteiger partial charge in [-0.05, 0) is 33.6 Å². The number of carbonyl (C=O) groups excluding carboxylic acids is 1. The van der Waals surface area contributed by atoms with Gasteiger partial charge in [0.25, 0.3) is 0 Å². The predicted octanol–water partition coefficient (Wildman–Crippen LogP) is 2.73. The van der Waals surface area contributed by atoms with Gasteiger partial charge in [0.05, 0.1) is 0 Å². The van der Waals surface area contributed by atoms with Crippen LogP contribution in [0.2, 0.25) is 0 Å². The highest BCUT2D eigenvalue weighted by Gasteiger charge is 2.37. The highest BCUT2D eigenvalue weighted by atomic mass is 19.4. The number of nitrogens with one attached hydrogen (secondary N) is 1. The number of nitro groups is 1. The molecule has 0 saturated heterocycles. The van der Waals surface area contributed by atoms with Crippen molar-refractivity contribution in [3.05, 3.63) is 10.1 Å². The number of nitrogens with zero attached hydrogens (tertiary/aromatic N) is 1. The lowest BCUT2D eigenvalue weighted by Gasteiger charge is -2.22. The maximum atomic E-state index is 12.2. The van der Waals surface area contributed by atoms with Crippen LogP contribution in [0.15, 0.2) is 0 Å². The van der Waals surface area contributed by atoms with Crippen LogP contribution in [-0.4, -0.2) is 46.0 Å². The van der Waals surface area contributed by atoms with Gasteiger partial charge in [0, 0.05) is 11.3 Å². The Hall–Kier alpha value is -2.07. The van der Waals surface area contributed by atoms with E-state index in [1.165, 1.54) is 0 Å². The number of carboxylic acids is 1. The fourth-order valence-electron chi connectivity index (χ4n) is 1.81. The summed E-state index contributed by atoms with van der Waals surface area (Å²) in [6.45, 7) is 4.71. The number of hydrogen-bond donors (Lipinski definition) is 2. The summed E-state index contributed by atoms with van der Waals surface area (Å²) in [7, 11) is 0. The first kappa shape index (κ1) is 21.9. The van der Waals surface area contributed by atoms with Crippen LogP contribution in [0.4, 0.5) is 18.0 Å². The summed E-state index contributed by atoms with van der Waals surface area (Å²) in [4.78, 5) is 32.2. The number of rotatable bonds is 8. The molecule has 0 bridgehead atoms. The first-order chi connectivity index (χ1) is 10.7. The van der Waals surface area contributed by atoms with Crippen molar-refractivity contribution in [2.45, 2.75) is 70.3 Å². The van der Waals surface area contributed by atoms with Crippen LogP contribution in [0.1, 0.15) is 46.5 Å². The first-order valence-electron chi connectivity index (χ1n) is 7.14. The Balaban J connectivity index is 4.56. The largest absolute Gasteiger partial charge is 0.480 e. The first-order valence-corrected chi connectivity index (χ1v) is 7.14. The molecular weight excluding hydrogens is 337 g/mol. The molecule has 2 atom stereocenters. The van der Waals surface area contributed by atoms with Gasteiger partial charge in [-0.15, -0.1) is 0 Å². The summed E-state index contributed by atoms with van der Waals surface area (Å²) in [5.74, 6) is -1.41. The zero-order valence-electron chi connectivity index (χ0n) is 13.6. The van der Waals surface area contributed by atoms with Gasteiger partial charge in [0.2, 0.25) is 6.04 Å². The lowest BCUT2D eigenvalue weighted by Crippen LogP contribution is -2.43. The molecule has 0 spiro atoms. The van der Waals surface area contributed by atoms with Crippen molar-refractivity contribution in [3.8, 4) is 0 Å². The number of ether oxygens (including phenoxy) is 1. The lowest BCUT2D eigenvalue weighted by molar-refractivity contribution is -0.530. The molecule has 24 heavy (non-hydrogen) atoms. The van der Waals surface area contributed by atoms with E-state index in [0.717, 1.165) is 0 Å². The van der Waals surface area contributed by atoms with Crippen LogP contribution in [0.5, 0.6) is 0 Å². The third-order valence-corrected chi connectivity index (χ3v) is 2.78. The Morgan fingerprint density at radius 1 is 1.25 bits per heavy atom. The van der Waals surface area contributed by atoms with E-state index in [0.29, 0.717) is 0 Å². The topological polar surface area (TPSA) is 119 Å². The van der Waals surface area contributed by atoms with Gasteiger partial charge in [0.1, 0.15) is 18.1 Å². The Morgan fingerprint density at radius 2 is 1.79 bits per heavy atom. The summed E-state index contributed by atoms with van der Waals surface area (Å²) < 4.78 is 41.6. The second-order valence-electron chi connectivity index (χ2n) is 6.23. The highest BCUT2D eigenvalue weighted by Crippen LogP contribution is 2.25. The number of carboxylic acid groups (broad SMARTS) is 1. The number of aliphatic carboxylic acids is 1. The summed E-state index contributed by atoms with van der Waals surface area (Å²) >= 11 is 0. The van der Waals surface area contributed by atoms with E-state index in [2.05, 4.69) is 5.32 Å². The SMILES string of the molecule is CC(C)(C)OC(=O)N[C@@H](CCCC(CC(F)(F)F)[N+](=O)[O-])C(=O)O. The quantitative estimate of drug-likeness (QED) is 0.509. The number of alkyl halides is 3. The van der Waals surface area contributed by atoms with E-state index < -0.39 is 53.7 Å². The molecule has 1 unspecified atom stereocenters. The van der Waals surface area contributed by atoms with E-state index in [-0.39, 0.29) is 12.8 Å². The fraction of sp³-hybridized carbons (Fsp3) is 0.846. The molecule has 0 aliphatic heterocycles. The smallest absolute Gasteiger partial charge is 0.408 e. The molecule has 0 heterocycles. The van der Waals surface area contributed by atoms with Crippen LogP contribution in [0, 0.1) is 10.1 Å². The third-order valence-electron chi connectivity index (χ3n) is 2.78. The molecule has 0 aromatic heterocycles. The molecule has 0 aliphatic rings. The average molecular weight is 358 g/mol. The standard InChI is InChI=1S/C13H21F3N2O6/c1-12(2,3)24-11(21)17-9(10(19)20)6-4-5-8(18(22)23)7-13(14,15)16/h8-9H,4-7H2,1-3H3,(H,17,21)(H,19,20)/t8?,9-/m0/s1. The van der Waals surface area contributed by atoms with Gasteiger partial charge < -0.3 is 15.2 Å². The molecule has 0 aliphatic carbocycles. The van der Waals surface area contributed by atoms with Gasteiger partial charge in [-0.2, -0.15) is 13.2 Å². The highest BCUT2D eigenvalue weighted by molar-refractivity contribution is 5.79. The molecular formula is C13H21F3N2O6. The monoisotopic (exact) mass is 358 g/mol. The van der Waals surface area contributed by atoms with E-state index in [1.54, 1.807) is 20.8 Å². The molecule has 0 radical (unpaired) electrons. The van der Waals surface area contributed by atoms with Gasteiger partial charge in [-0.1, -0.05) is 0 Å². The molecule has 1 amide bonds. The van der Waals surface area contributed by atoms with Crippen LogP contribution >= 0.6 is 0 Å². The van der Waals surface area contributed by atoms with Crippen molar-refractivity contribution in [2.24, 2.45) is 0 Å². The van der Waals surface area contributed by atoms with E-state index in [1.807, 2.05) is 0 Å². The molecule has 11 heteroatoms. The summed E-state index contributed by atoms with van der Waals surface area (Å²) in [5.41, 5.74) is -0.851. The van der Waals surface area contributed by atoms with Gasteiger partial charge in [-0.3, -0.25) is 10.1 Å². The van der Waals surface area contributed by atoms with Gasteiger partial charge in [0.15, 0.2) is 0 Å². The molecule has 0 fully saturated rings. The summed E-state index contributed by atoms with van der Waals surface area (Å²) in [6, 6.07) is -3.25. The maximum Gasteiger partial charge on any atom is 0.408 e. The van der Waals surface area contributed by atoms with Gasteiger partial charge >= 0.3 is 18.2 Å². The number of halogens is 3. The Morgan fingerprint density at radius 3 is 2.17 bits per heavy atom. The van der Waals surface area contributed by atoms with E-state index >= 15 is 0 Å². The Kier molecular flexibility index (Phi) is 7.94. The van der Waals surface area contributed by atoms with Crippen LogP contribution < -0.4 is 5.32 Å². The van der Waals surface area contributed by atoms with Crippen molar-refractivity contribution in [2.75, 3.05) is 0 Å². The summed E-state index contributed by atoms with van der Waals surface area (Å²) in [6.07, 6.45) is -8.14. The zero-order chi connectivity index (χ0) is 19.1. The predicted molar refractivity (Wildman–Crippen MR) is 76.1 cm³/mol. The lowest BCUT2D eigenvalue weighted by atomic mass is 10.0. The molecule has 0 rings (SSSR count). The second kappa shape index (κ2) is 8.69. The van der Waals surface area contributed by atoms with Crippen LogP contribution in [0.3, 0.4) is 0 Å². The van der Waals surface area contributed by atoms with E-state index in [4.69, 9.17) is 9.84 Å². The molecule has 0 aromatic carbocycles. The minimum Gasteiger partial charge on any atom is -0.480 e. The molecule has 2 N–H and O–H groups in total. The van der Waals surface area contributed by atoms with Crippen molar-refractivity contribution in [1.82, 2.24) is 5.32 Å². The number of carbonyl (C=O) groups is 2. The Labute approximate surface area is 136 Å². The molecule has 8 nitrogen and oxygen atoms in total. The number of alkyl carbamates (subject to hydrolysis) is 1. The number of hydrogen-bond acceptors (Lipinski definition) is 5. The average Bonchev–Trinajstić information content (AvgIpc) is 2.32. The van der Waals surface area contributed by atoms with Crippen LogP contribution in [-0.2, 0) is 9.53 Å². The maximum absolute atomic E-state index is 12.2. The minimum atomic E-state index is -4.68. The third kappa shape index (κ3) is 10.6. The summed E-state index contributed by atoms with van der Waals surface area (Å²) in [5, 5.41) is 21.7. The van der Waals surface area contributed by atoms with Crippen LogP contribution in [0.25, 0.3) is 0 Å². The number of amides is 1.